The number of rotatable bonds is 4. The van der Waals surface area contributed by atoms with Crippen molar-refractivity contribution in [1.29, 1.82) is 0 Å². The maximum atomic E-state index is 4.49. The molecule has 0 bridgehead atoms. The van der Waals surface area contributed by atoms with E-state index in [1.165, 1.54) is 43.0 Å². The van der Waals surface area contributed by atoms with Gasteiger partial charge in [0, 0.05) is 18.8 Å². The number of nitrogens with zero attached hydrogens (tertiary/aromatic N) is 1. The summed E-state index contributed by atoms with van der Waals surface area (Å²) >= 11 is 1.89. The van der Waals surface area contributed by atoms with Crippen LogP contribution in [0.15, 0.2) is 4.99 Å². The van der Waals surface area contributed by atoms with E-state index in [0.29, 0.717) is 5.41 Å². The molecule has 0 aromatic carbocycles. The second-order valence-corrected chi connectivity index (χ2v) is 5.58. The topological polar surface area (TPSA) is 24.4 Å². The molecule has 0 atom stereocenters. The molecule has 0 aromatic rings. The van der Waals surface area contributed by atoms with E-state index < -0.39 is 0 Å². The lowest BCUT2D eigenvalue weighted by Gasteiger charge is -2.18. The molecule has 0 unspecified atom stereocenters. The van der Waals surface area contributed by atoms with E-state index in [4.69, 9.17) is 0 Å². The molecule has 0 aromatic heterocycles. The molecule has 1 N–H and O–H groups in total. The highest BCUT2D eigenvalue weighted by molar-refractivity contribution is 8.13. The van der Waals surface area contributed by atoms with E-state index in [1.807, 2.05) is 11.8 Å². The third-order valence-corrected chi connectivity index (χ3v) is 4.19. The van der Waals surface area contributed by atoms with E-state index >= 15 is 0 Å². The number of amidine groups is 1. The fraction of sp³-hybridized carbons (Fsp3) is 0.909. The van der Waals surface area contributed by atoms with Crippen LogP contribution in [-0.4, -0.2) is 24.0 Å². The molecule has 2 aliphatic rings. The van der Waals surface area contributed by atoms with Gasteiger partial charge in [0.25, 0.3) is 0 Å². The van der Waals surface area contributed by atoms with Crippen molar-refractivity contribution in [2.24, 2.45) is 10.4 Å². The summed E-state index contributed by atoms with van der Waals surface area (Å²) in [5.74, 6) is 1.24. The molecule has 1 saturated carbocycles. The molecule has 0 spiro atoms. The normalized spacial score (nSPS) is 24.2. The predicted molar refractivity (Wildman–Crippen MR) is 64.0 cm³/mol. The van der Waals surface area contributed by atoms with Crippen molar-refractivity contribution in [3.63, 3.8) is 0 Å². The fourth-order valence-corrected chi connectivity index (χ4v) is 2.88. The number of hydrogen-bond donors (Lipinski definition) is 1. The van der Waals surface area contributed by atoms with Gasteiger partial charge in [0.2, 0.25) is 0 Å². The predicted octanol–water partition coefficient (Wildman–Crippen LogP) is 2.65. The molecule has 80 valence electrons. The molecule has 0 amide bonds. The minimum absolute atomic E-state index is 0.648. The van der Waals surface area contributed by atoms with Crippen molar-refractivity contribution < 1.29 is 0 Å². The van der Waals surface area contributed by atoms with Crippen molar-refractivity contribution in [2.75, 3.05) is 18.8 Å². The Hall–Kier alpha value is -0.180. The Morgan fingerprint density at radius 1 is 1.50 bits per heavy atom. The van der Waals surface area contributed by atoms with Gasteiger partial charge >= 0.3 is 0 Å². The van der Waals surface area contributed by atoms with Gasteiger partial charge in [-0.25, -0.2) is 0 Å². The summed E-state index contributed by atoms with van der Waals surface area (Å²) in [6, 6.07) is 0. The van der Waals surface area contributed by atoms with Crippen molar-refractivity contribution in [3.05, 3.63) is 0 Å². The first-order chi connectivity index (χ1) is 6.85. The molecular weight excluding hydrogens is 192 g/mol. The van der Waals surface area contributed by atoms with Crippen molar-refractivity contribution in [3.8, 4) is 0 Å². The monoisotopic (exact) mass is 212 g/mol. The molecular formula is C11H20N2S. The van der Waals surface area contributed by atoms with Gasteiger partial charge in [-0.3, -0.25) is 4.99 Å². The summed E-state index contributed by atoms with van der Waals surface area (Å²) in [4.78, 5) is 4.49. The van der Waals surface area contributed by atoms with Gasteiger partial charge in [-0.15, -0.1) is 0 Å². The zero-order valence-electron chi connectivity index (χ0n) is 9.01. The van der Waals surface area contributed by atoms with Crippen LogP contribution in [0.4, 0.5) is 0 Å². The van der Waals surface area contributed by atoms with Crippen LogP contribution in [0.5, 0.6) is 0 Å². The Labute approximate surface area is 90.9 Å². The molecule has 2 nitrogen and oxygen atoms in total. The van der Waals surface area contributed by atoms with Crippen LogP contribution in [0.3, 0.4) is 0 Å². The quantitative estimate of drug-likeness (QED) is 0.775. The van der Waals surface area contributed by atoms with E-state index in [9.17, 15) is 0 Å². The highest BCUT2D eigenvalue weighted by Gasteiger charge is 2.41. The summed E-state index contributed by atoms with van der Waals surface area (Å²) in [5, 5.41) is 4.72. The minimum Gasteiger partial charge on any atom is -0.364 e. The average Bonchev–Trinajstić information content (AvgIpc) is 2.98. The maximum Gasteiger partial charge on any atom is 0.156 e. The van der Waals surface area contributed by atoms with Crippen molar-refractivity contribution in [1.82, 2.24) is 5.32 Å². The van der Waals surface area contributed by atoms with Crippen LogP contribution in [0.2, 0.25) is 0 Å². The first-order valence-corrected chi connectivity index (χ1v) is 6.74. The number of thioether (sulfide) groups is 1. The SMILES string of the molecule is CCCC1(CNC2=NCCCS2)CC1. The number of hydrogen-bond acceptors (Lipinski definition) is 3. The van der Waals surface area contributed by atoms with Crippen molar-refractivity contribution >= 4 is 16.9 Å². The van der Waals surface area contributed by atoms with Gasteiger partial charge in [0.05, 0.1) is 0 Å². The molecule has 1 aliphatic carbocycles. The van der Waals surface area contributed by atoms with Gasteiger partial charge in [-0.1, -0.05) is 25.1 Å². The minimum atomic E-state index is 0.648. The summed E-state index contributed by atoms with van der Waals surface area (Å²) in [7, 11) is 0. The van der Waals surface area contributed by atoms with Gasteiger partial charge < -0.3 is 5.32 Å². The van der Waals surface area contributed by atoms with E-state index in [1.54, 1.807) is 0 Å². The van der Waals surface area contributed by atoms with E-state index in [2.05, 4.69) is 17.2 Å². The summed E-state index contributed by atoms with van der Waals surface area (Å²) in [5.41, 5.74) is 0.648. The summed E-state index contributed by atoms with van der Waals surface area (Å²) in [6.07, 6.45) is 6.80. The Balaban J connectivity index is 1.73. The molecule has 0 radical (unpaired) electrons. The first-order valence-electron chi connectivity index (χ1n) is 5.76. The fourth-order valence-electron chi connectivity index (χ4n) is 2.05. The smallest absolute Gasteiger partial charge is 0.156 e. The number of aliphatic imine (C=N–C) groups is 1. The molecule has 3 heteroatoms. The van der Waals surface area contributed by atoms with Crippen LogP contribution >= 0.6 is 11.8 Å². The zero-order valence-corrected chi connectivity index (χ0v) is 9.83. The lowest BCUT2D eigenvalue weighted by Crippen LogP contribution is -2.30. The van der Waals surface area contributed by atoms with Gasteiger partial charge in [-0.05, 0) is 31.1 Å². The van der Waals surface area contributed by atoms with E-state index in [0.717, 1.165) is 13.1 Å². The second-order valence-electron chi connectivity index (χ2n) is 4.49. The van der Waals surface area contributed by atoms with E-state index in [-0.39, 0.29) is 0 Å². The third-order valence-electron chi connectivity index (χ3n) is 3.15. The summed E-state index contributed by atoms with van der Waals surface area (Å²) < 4.78 is 0. The molecule has 1 heterocycles. The molecule has 1 aliphatic heterocycles. The van der Waals surface area contributed by atoms with Gasteiger partial charge in [0.1, 0.15) is 0 Å². The zero-order chi connectivity index (χ0) is 9.86. The Kier molecular flexibility index (Phi) is 3.37. The van der Waals surface area contributed by atoms with Crippen molar-refractivity contribution in [2.45, 2.75) is 39.0 Å². The van der Waals surface area contributed by atoms with Crippen LogP contribution in [0, 0.1) is 5.41 Å². The first kappa shape index (κ1) is 10.3. The molecule has 14 heavy (non-hydrogen) atoms. The average molecular weight is 212 g/mol. The third kappa shape index (κ3) is 2.66. The lowest BCUT2D eigenvalue weighted by atomic mass is 10.0. The Morgan fingerprint density at radius 2 is 2.36 bits per heavy atom. The summed E-state index contributed by atoms with van der Waals surface area (Å²) in [6.45, 7) is 4.47. The van der Waals surface area contributed by atoms with Gasteiger partial charge in [-0.2, -0.15) is 0 Å². The molecule has 0 saturated heterocycles. The highest BCUT2D eigenvalue weighted by Crippen LogP contribution is 2.49. The standard InChI is InChI=1S/C11H20N2S/c1-2-4-11(5-6-11)9-13-10-12-7-3-8-14-10/h2-9H2,1H3,(H,12,13). The van der Waals surface area contributed by atoms with Gasteiger partial charge in [0.15, 0.2) is 5.17 Å². The largest absolute Gasteiger partial charge is 0.364 e. The lowest BCUT2D eigenvalue weighted by molar-refractivity contribution is 0.453. The number of nitrogens with one attached hydrogen (secondary N) is 1. The van der Waals surface area contributed by atoms with Crippen LogP contribution in [0.1, 0.15) is 39.0 Å². The van der Waals surface area contributed by atoms with Crippen LogP contribution in [0.25, 0.3) is 0 Å². The molecule has 2 rings (SSSR count). The second kappa shape index (κ2) is 4.56. The highest BCUT2D eigenvalue weighted by atomic mass is 32.2. The molecule has 1 fully saturated rings. The Morgan fingerprint density at radius 3 is 2.93 bits per heavy atom. The van der Waals surface area contributed by atoms with Crippen LogP contribution < -0.4 is 5.32 Å². The van der Waals surface area contributed by atoms with Crippen LogP contribution in [-0.2, 0) is 0 Å². The Bertz CT molecular complexity index is 221. The maximum absolute atomic E-state index is 4.49.